The standard InChI is InChI=1S/C20H19ClN4O4S/c21-16-9-12-8-13(24-19(12)30-16)18(28)23-14-7-11-3-1-2-4-15(11)25(20(14)29)10-17(27)22-5-6-26/h1-4,8-9,14,24,26H,5-7,10H2,(H,22,27)(H,23,28)/t14-/m0/s1. The van der Waals surface area contributed by atoms with Crippen molar-refractivity contribution in [1.82, 2.24) is 15.6 Å². The average Bonchev–Trinajstić information content (AvgIpc) is 3.27. The number of para-hydroxylation sites is 1. The van der Waals surface area contributed by atoms with Crippen LogP contribution >= 0.6 is 22.9 Å². The van der Waals surface area contributed by atoms with Crippen LogP contribution in [0.3, 0.4) is 0 Å². The maximum Gasteiger partial charge on any atom is 0.268 e. The summed E-state index contributed by atoms with van der Waals surface area (Å²) in [6, 6.07) is 9.93. The second kappa shape index (κ2) is 8.47. The minimum Gasteiger partial charge on any atom is -0.395 e. The highest BCUT2D eigenvalue weighted by Crippen LogP contribution is 2.30. The third-order valence-corrected chi connectivity index (χ3v) is 6.03. The first-order chi connectivity index (χ1) is 14.5. The van der Waals surface area contributed by atoms with Crippen molar-refractivity contribution in [2.45, 2.75) is 12.5 Å². The molecule has 0 bridgehead atoms. The second-order valence-electron chi connectivity index (χ2n) is 6.87. The van der Waals surface area contributed by atoms with Crippen molar-refractivity contribution in [1.29, 1.82) is 0 Å². The molecule has 2 aromatic heterocycles. The molecule has 30 heavy (non-hydrogen) atoms. The number of benzene rings is 1. The highest BCUT2D eigenvalue weighted by atomic mass is 35.5. The van der Waals surface area contributed by atoms with E-state index in [1.54, 1.807) is 24.3 Å². The summed E-state index contributed by atoms with van der Waals surface area (Å²) in [6.07, 6.45) is 0.330. The number of hydrogen-bond acceptors (Lipinski definition) is 5. The van der Waals surface area contributed by atoms with Crippen molar-refractivity contribution in [3.8, 4) is 0 Å². The summed E-state index contributed by atoms with van der Waals surface area (Å²) >= 11 is 7.30. The summed E-state index contributed by atoms with van der Waals surface area (Å²) in [4.78, 5) is 43.2. The topological polar surface area (TPSA) is 115 Å². The molecule has 0 radical (unpaired) electrons. The normalized spacial score (nSPS) is 15.9. The first-order valence-electron chi connectivity index (χ1n) is 9.32. The molecule has 0 saturated heterocycles. The van der Waals surface area contributed by atoms with Gasteiger partial charge in [-0.25, -0.2) is 0 Å². The van der Waals surface area contributed by atoms with Crippen LogP contribution in [0.25, 0.3) is 10.2 Å². The first-order valence-corrected chi connectivity index (χ1v) is 10.5. The van der Waals surface area contributed by atoms with E-state index in [0.717, 1.165) is 15.8 Å². The number of aliphatic hydroxyl groups is 1. The van der Waals surface area contributed by atoms with E-state index in [4.69, 9.17) is 16.7 Å². The van der Waals surface area contributed by atoms with Crippen molar-refractivity contribution in [2.75, 3.05) is 24.6 Å². The van der Waals surface area contributed by atoms with Crippen LogP contribution in [0.15, 0.2) is 36.4 Å². The Morgan fingerprint density at radius 1 is 1.30 bits per heavy atom. The Hall–Kier alpha value is -2.88. The quantitative estimate of drug-likeness (QED) is 0.461. The maximum absolute atomic E-state index is 13.1. The summed E-state index contributed by atoms with van der Waals surface area (Å²) < 4.78 is 0.623. The van der Waals surface area contributed by atoms with Crippen molar-refractivity contribution in [2.24, 2.45) is 0 Å². The van der Waals surface area contributed by atoms with Gasteiger partial charge >= 0.3 is 0 Å². The van der Waals surface area contributed by atoms with Crippen molar-refractivity contribution >= 4 is 56.6 Å². The highest BCUT2D eigenvalue weighted by molar-refractivity contribution is 7.22. The summed E-state index contributed by atoms with van der Waals surface area (Å²) in [5.41, 5.74) is 1.84. The maximum atomic E-state index is 13.1. The Bertz CT molecular complexity index is 1090. The number of nitrogens with zero attached hydrogens (tertiary/aromatic N) is 1. The fourth-order valence-corrected chi connectivity index (χ4v) is 4.61. The summed E-state index contributed by atoms with van der Waals surface area (Å²) in [5.74, 6) is -1.16. The van der Waals surface area contributed by atoms with Crippen LogP contribution in [0.2, 0.25) is 4.34 Å². The molecule has 0 saturated carbocycles. The fourth-order valence-electron chi connectivity index (χ4n) is 3.48. The van der Waals surface area contributed by atoms with E-state index in [0.29, 0.717) is 22.1 Å². The summed E-state index contributed by atoms with van der Waals surface area (Å²) in [5, 5.41) is 15.0. The molecular weight excluding hydrogens is 428 g/mol. The van der Waals surface area contributed by atoms with E-state index in [1.807, 2.05) is 12.1 Å². The number of aliphatic hydroxyl groups excluding tert-OH is 1. The molecule has 1 aromatic carbocycles. The average molecular weight is 447 g/mol. The van der Waals surface area contributed by atoms with Crippen molar-refractivity contribution < 1.29 is 19.5 Å². The number of fused-ring (bicyclic) bond motifs is 2. The molecule has 0 unspecified atom stereocenters. The van der Waals surface area contributed by atoms with Gasteiger partial charge in [0.25, 0.3) is 5.91 Å². The molecule has 156 valence electrons. The van der Waals surface area contributed by atoms with Gasteiger partial charge in [-0.3, -0.25) is 14.4 Å². The highest BCUT2D eigenvalue weighted by Gasteiger charge is 2.35. The number of halogens is 1. The van der Waals surface area contributed by atoms with E-state index >= 15 is 0 Å². The van der Waals surface area contributed by atoms with Crippen LogP contribution in [0, 0.1) is 0 Å². The number of thiophene rings is 1. The number of H-pyrrole nitrogens is 1. The zero-order chi connectivity index (χ0) is 21.3. The Labute approximate surface area is 180 Å². The van der Waals surface area contributed by atoms with Gasteiger partial charge in [-0.1, -0.05) is 29.8 Å². The van der Waals surface area contributed by atoms with Crippen molar-refractivity contribution in [3.63, 3.8) is 0 Å². The monoisotopic (exact) mass is 446 g/mol. The molecule has 0 spiro atoms. The first kappa shape index (κ1) is 20.4. The van der Waals surface area contributed by atoms with Crippen LogP contribution < -0.4 is 15.5 Å². The molecule has 0 aliphatic carbocycles. The smallest absolute Gasteiger partial charge is 0.268 e. The number of carbonyl (C=O) groups is 3. The fraction of sp³-hybridized carbons (Fsp3) is 0.250. The summed E-state index contributed by atoms with van der Waals surface area (Å²) in [7, 11) is 0. The number of hydrogen-bond donors (Lipinski definition) is 4. The molecular formula is C20H19ClN4O4S. The van der Waals surface area contributed by atoms with E-state index in [1.165, 1.54) is 16.2 Å². The molecule has 10 heteroatoms. The van der Waals surface area contributed by atoms with Gasteiger partial charge < -0.3 is 25.6 Å². The molecule has 1 atom stereocenters. The molecule has 0 fully saturated rings. The Morgan fingerprint density at radius 2 is 2.10 bits per heavy atom. The van der Waals surface area contributed by atoms with Crippen LogP contribution in [-0.2, 0) is 16.0 Å². The third-order valence-electron chi connectivity index (χ3n) is 4.83. The van der Waals surface area contributed by atoms with Crippen LogP contribution in [0.5, 0.6) is 0 Å². The molecule has 3 aromatic rings. The van der Waals surface area contributed by atoms with Crippen LogP contribution in [0.4, 0.5) is 5.69 Å². The third kappa shape index (κ3) is 4.04. The number of aromatic nitrogens is 1. The van der Waals surface area contributed by atoms with E-state index in [9.17, 15) is 14.4 Å². The predicted octanol–water partition coefficient (Wildman–Crippen LogP) is 1.68. The minimum atomic E-state index is -0.803. The molecule has 1 aliphatic heterocycles. The molecule has 4 rings (SSSR count). The van der Waals surface area contributed by atoms with Gasteiger partial charge in [0, 0.05) is 24.0 Å². The Morgan fingerprint density at radius 3 is 2.87 bits per heavy atom. The number of rotatable bonds is 6. The van der Waals surface area contributed by atoms with Crippen LogP contribution in [-0.4, -0.2) is 53.6 Å². The second-order valence-corrected chi connectivity index (χ2v) is 8.56. The zero-order valence-electron chi connectivity index (χ0n) is 15.8. The van der Waals surface area contributed by atoms with Crippen LogP contribution in [0.1, 0.15) is 16.1 Å². The molecule has 8 nitrogen and oxygen atoms in total. The van der Waals surface area contributed by atoms with Gasteiger partial charge in [-0.2, -0.15) is 0 Å². The van der Waals surface area contributed by atoms with E-state index in [-0.39, 0.29) is 31.5 Å². The van der Waals surface area contributed by atoms with Gasteiger partial charge in [0.15, 0.2) is 0 Å². The van der Waals surface area contributed by atoms with Gasteiger partial charge in [0.2, 0.25) is 11.8 Å². The number of anilines is 1. The Balaban J connectivity index is 1.54. The van der Waals surface area contributed by atoms with E-state index in [2.05, 4.69) is 15.6 Å². The van der Waals surface area contributed by atoms with E-state index < -0.39 is 11.9 Å². The number of nitrogens with one attached hydrogen (secondary N) is 3. The van der Waals surface area contributed by atoms with Gasteiger partial charge in [-0.05, 0) is 23.8 Å². The molecule has 3 heterocycles. The lowest BCUT2D eigenvalue weighted by Gasteiger charge is -2.34. The lowest BCUT2D eigenvalue weighted by atomic mass is 9.97. The zero-order valence-corrected chi connectivity index (χ0v) is 17.3. The number of aromatic amines is 1. The lowest BCUT2D eigenvalue weighted by molar-refractivity contribution is -0.125. The lowest BCUT2D eigenvalue weighted by Crippen LogP contribution is -2.55. The van der Waals surface area contributed by atoms with Gasteiger partial charge in [0.1, 0.15) is 23.1 Å². The van der Waals surface area contributed by atoms with Crippen molar-refractivity contribution in [3.05, 3.63) is 52.0 Å². The minimum absolute atomic E-state index is 0.108. The molecule has 4 N–H and O–H groups in total. The predicted molar refractivity (Wildman–Crippen MR) is 115 cm³/mol. The molecule has 3 amide bonds. The number of amides is 3. The SMILES string of the molecule is O=C(CN1C(=O)[C@@H](NC(=O)c2cc3cc(Cl)sc3[nH]2)Cc2ccccc21)NCCO. The number of carbonyl (C=O) groups excluding carboxylic acids is 3. The Kier molecular flexibility index (Phi) is 5.76. The van der Waals surface area contributed by atoms with Gasteiger partial charge in [-0.15, -0.1) is 11.3 Å². The largest absolute Gasteiger partial charge is 0.395 e. The molecule has 1 aliphatic rings. The van der Waals surface area contributed by atoms with Gasteiger partial charge in [0.05, 0.1) is 10.9 Å². The summed E-state index contributed by atoms with van der Waals surface area (Å²) in [6.45, 7) is -0.274.